The predicted octanol–water partition coefficient (Wildman–Crippen LogP) is 4.56. The number of nitrogens with zero attached hydrogens (tertiary/aromatic N) is 6. The summed E-state index contributed by atoms with van der Waals surface area (Å²) in [7, 11) is 1.77. The summed E-state index contributed by atoms with van der Waals surface area (Å²) in [4.78, 5) is 46.4. The summed E-state index contributed by atoms with van der Waals surface area (Å²) < 4.78 is 4.33. The average molecular weight is 579 g/mol. The standard InChI is InChI=1S/C28H31ClN8O2S/c1-15-10-20(16(2)32-22-6-7-23(29)33-25(22)26(38)35-40-5)24-21(11-15)27(39)36(4)28(34-24)37-9-8-18(14-37)19-12-30-17(3)31-13-19/h6-7,10-13,16,18,32H,8-9,14H2,1-5H3,(H,35,38). The Morgan fingerprint density at radius 1 is 1.18 bits per heavy atom. The highest BCUT2D eigenvalue weighted by Gasteiger charge is 2.28. The van der Waals surface area contributed by atoms with Crippen LogP contribution in [0.4, 0.5) is 11.6 Å². The van der Waals surface area contributed by atoms with Gasteiger partial charge < -0.3 is 10.2 Å². The zero-order valence-corrected chi connectivity index (χ0v) is 24.6. The molecule has 10 nitrogen and oxygen atoms in total. The lowest BCUT2D eigenvalue weighted by Crippen LogP contribution is -2.30. The molecule has 4 aromatic rings. The van der Waals surface area contributed by atoms with Gasteiger partial charge in [0.1, 0.15) is 11.0 Å². The number of amides is 1. The van der Waals surface area contributed by atoms with E-state index in [1.54, 1.807) is 30.0 Å². The minimum Gasteiger partial charge on any atom is -0.377 e. The summed E-state index contributed by atoms with van der Waals surface area (Å²) in [5.74, 6) is 1.28. The third-order valence-electron chi connectivity index (χ3n) is 7.18. The molecule has 2 unspecified atom stereocenters. The molecule has 1 saturated heterocycles. The third kappa shape index (κ3) is 5.48. The van der Waals surface area contributed by atoms with Crippen LogP contribution in [0.1, 0.15) is 58.3 Å². The molecule has 4 heterocycles. The van der Waals surface area contributed by atoms with Gasteiger partial charge in [-0.1, -0.05) is 29.6 Å². The molecular weight excluding hydrogens is 548 g/mol. The molecule has 208 valence electrons. The molecular formula is C28H31ClN8O2S. The molecule has 0 radical (unpaired) electrons. The number of benzene rings is 1. The normalized spacial score (nSPS) is 15.8. The summed E-state index contributed by atoms with van der Waals surface area (Å²) in [6, 6.07) is 6.97. The van der Waals surface area contributed by atoms with Crippen LogP contribution in [0.25, 0.3) is 10.9 Å². The van der Waals surface area contributed by atoms with Gasteiger partial charge in [0.05, 0.1) is 22.6 Å². The minimum absolute atomic E-state index is 0.104. The van der Waals surface area contributed by atoms with E-state index in [0.29, 0.717) is 22.5 Å². The molecule has 0 aliphatic carbocycles. The van der Waals surface area contributed by atoms with Crippen molar-refractivity contribution in [3.63, 3.8) is 0 Å². The average Bonchev–Trinajstić information content (AvgIpc) is 3.42. The molecule has 1 aliphatic heterocycles. The maximum atomic E-state index is 13.6. The smallest absolute Gasteiger partial charge is 0.281 e. The second-order valence-electron chi connectivity index (χ2n) is 10.1. The Hall–Kier alpha value is -3.70. The van der Waals surface area contributed by atoms with Gasteiger partial charge in [0, 0.05) is 50.3 Å². The van der Waals surface area contributed by atoms with Crippen molar-refractivity contribution in [1.29, 1.82) is 0 Å². The van der Waals surface area contributed by atoms with Gasteiger partial charge in [-0.25, -0.2) is 19.9 Å². The maximum Gasteiger partial charge on any atom is 0.281 e. The largest absolute Gasteiger partial charge is 0.377 e. The van der Waals surface area contributed by atoms with Gasteiger partial charge in [-0.2, -0.15) is 0 Å². The van der Waals surface area contributed by atoms with E-state index in [-0.39, 0.29) is 34.3 Å². The molecule has 5 rings (SSSR count). The summed E-state index contributed by atoms with van der Waals surface area (Å²) in [5.41, 5.74) is 4.13. The van der Waals surface area contributed by atoms with Crippen LogP contribution in [0.5, 0.6) is 0 Å². The quantitative estimate of drug-likeness (QED) is 0.240. The molecule has 1 amide bonds. The Bertz CT molecular complexity index is 1640. The molecule has 0 saturated carbocycles. The number of aryl methyl sites for hydroxylation is 2. The fraction of sp³-hybridized carbons (Fsp3) is 0.357. The van der Waals surface area contributed by atoms with E-state index in [1.807, 2.05) is 45.3 Å². The number of carbonyl (C=O) groups is 1. The van der Waals surface area contributed by atoms with Crippen molar-refractivity contribution in [3.05, 3.63) is 80.4 Å². The summed E-state index contributed by atoms with van der Waals surface area (Å²) in [5, 5.41) is 4.17. The third-order valence-corrected chi connectivity index (χ3v) is 7.78. The van der Waals surface area contributed by atoms with E-state index in [2.05, 4.69) is 29.9 Å². The number of nitrogens with one attached hydrogen (secondary N) is 2. The molecule has 1 aliphatic rings. The number of anilines is 2. The van der Waals surface area contributed by atoms with Crippen molar-refractivity contribution in [1.82, 2.24) is 29.2 Å². The predicted molar refractivity (Wildman–Crippen MR) is 160 cm³/mol. The minimum atomic E-state index is -0.351. The second kappa shape index (κ2) is 11.4. The SMILES string of the molecule is CSNC(=O)c1nc(Cl)ccc1NC(C)c1cc(C)cc2c(=O)n(C)c(N3CCC(c4cnc(C)nc4)C3)nc12. The highest BCUT2D eigenvalue weighted by atomic mass is 35.5. The zero-order valence-electron chi connectivity index (χ0n) is 23.0. The Labute approximate surface area is 241 Å². The molecule has 2 N–H and O–H groups in total. The number of rotatable bonds is 7. The summed E-state index contributed by atoms with van der Waals surface area (Å²) in [6.45, 7) is 7.29. The van der Waals surface area contributed by atoms with Crippen molar-refractivity contribution in [2.24, 2.45) is 7.05 Å². The van der Waals surface area contributed by atoms with Gasteiger partial charge in [0.2, 0.25) is 5.95 Å². The Kier molecular flexibility index (Phi) is 7.95. The van der Waals surface area contributed by atoms with Crippen LogP contribution in [-0.2, 0) is 7.05 Å². The van der Waals surface area contributed by atoms with Crippen LogP contribution in [-0.4, -0.2) is 49.8 Å². The van der Waals surface area contributed by atoms with Gasteiger partial charge in [-0.05, 0) is 56.5 Å². The molecule has 0 spiro atoms. The fourth-order valence-corrected chi connectivity index (χ4v) is 5.59. The maximum absolute atomic E-state index is 13.6. The highest BCUT2D eigenvalue weighted by molar-refractivity contribution is 7.97. The lowest BCUT2D eigenvalue weighted by Gasteiger charge is -2.23. The van der Waals surface area contributed by atoms with Crippen LogP contribution in [0, 0.1) is 13.8 Å². The Balaban J connectivity index is 1.52. The van der Waals surface area contributed by atoms with E-state index >= 15 is 0 Å². The van der Waals surface area contributed by atoms with Crippen LogP contribution in [0.2, 0.25) is 5.15 Å². The molecule has 40 heavy (non-hydrogen) atoms. The first kappa shape index (κ1) is 27.9. The number of pyridine rings is 1. The molecule has 1 aromatic carbocycles. The van der Waals surface area contributed by atoms with E-state index in [4.69, 9.17) is 16.6 Å². The highest BCUT2D eigenvalue weighted by Crippen LogP contribution is 2.32. The lowest BCUT2D eigenvalue weighted by atomic mass is 10.0. The van der Waals surface area contributed by atoms with Crippen molar-refractivity contribution in [2.45, 2.75) is 39.2 Å². The van der Waals surface area contributed by atoms with Crippen molar-refractivity contribution in [2.75, 3.05) is 29.6 Å². The lowest BCUT2D eigenvalue weighted by molar-refractivity contribution is 0.0980. The van der Waals surface area contributed by atoms with E-state index in [9.17, 15) is 9.59 Å². The second-order valence-corrected chi connectivity index (χ2v) is 11.1. The van der Waals surface area contributed by atoms with Crippen molar-refractivity contribution in [3.8, 4) is 0 Å². The Morgan fingerprint density at radius 3 is 2.65 bits per heavy atom. The number of carbonyl (C=O) groups excluding carboxylic acids is 1. The summed E-state index contributed by atoms with van der Waals surface area (Å²) in [6.07, 6.45) is 6.45. The van der Waals surface area contributed by atoms with Crippen LogP contribution >= 0.6 is 23.5 Å². The van der Waals surface area contributed by atoms with Gasteiger partial charge >= 0.3 is 0 Å². The summed E-state index contributed by atoms with van der Waals surface area (Å²) >= 11 is 7.28. The zero-order chi connectivity index (χ0) is 28.6. The fourth-order valence-electron chi connectivity index (χ4n) is 5.16. The van der Waals surface area contributed by atoms with Crippen LogP contribution in [0.3, 0.4) is 0 Å². The number of halogens is 1. The molecule has 2 atom stereocenters. The van der Waals surface area contributed by atoms with Crippen LogP contribution < -0.4 is 20.5 Å². The monoisotopic (exact) mass is 578 g/mol. The topological polar surface area (TPSA) is 118 Å². The number of hydrogen-bond donors (Lipinski definition) is 2. The van der Waals surface area contributed by atoms with Gasteiger partial charge in [-0.15, -0.1) is 0 Å². The van der Waals surface area contributed by atoms with Crippen molar-refractivity contribution < 1.29 is 4.79 Å². The first-order valence-electron chi connectivity index (χ1n) is 13.0. The van der Waals surface area contributed by atoms with E-state index < -0.39 is 0 Å². The molecule has 0 bridgehead atoms. The van der Waals surface area contributed by atoms with Crippen molar-refractivity contribution >= 4 is 52.0 Å². The number of aromatic nitrogens is 5. The van der Waals surface area contributed by atoms with E-state index in [0.717, 1.165) is 42.0 Å². The van der Waals surface area contributed by atoms with Crippen LogP contribution in [0.15, 0.2) is 41.5 Å². The molecule has 12 heteroatoms. The van der Waals surface area contributed by atoms with Gasteiger partial charge in [-0.3, -0.25) is 18.9 Å². The first-order valence-corrected chi connectivity index (χ1v) is 14.6. The van der Waals surface area contributed by atoms with Gasteiger partial charge in [0.15, 0.2) is 5.69 Å². The molecule has 3 aromatic heterocycles. The molecule has 1 fully saturated rings. The number of fused-ring (bicyclic) bond motifs is 1. The number of hydrogen-bond acceptors (Lipinski definition) is 9. The van der Waals surface area contributed by atoms with Gasteiger partial charge in [0.25, 0.3) is 11.5 Å². The first-order chi connectivity index (χ1) is 19.2. The Morgan fingerprint density at radius 2 is 1.93 bits per heavy atom. The van der Waals surface area contributed by atoms with E-state index in [1.165, 1.54) is 11.9 Å².